The first-order valence-corrected chi connectivity index (χ1v) is 14.0. The summed E-state index contributed by atoms with van der Waals surface area (Å²) in [4.78, 5) is 46.0. The minimum Gasteiger partial charge on any atom is -0.870 e. The summed E-state index contributed by atoms with van der Waals surface area (Å²) in [5.41, 5.74) is 5.42. The third-order valence-electron chi connectivity index (χ3n) is 6.00. The van der Waals surface area contributed by atoms with Gasteiger partial charge in [-0.1, -0.05) is 15.9 Å². The number of nitrogens with zero attached hydrogens (tertiary/aromatic N) is 6. The number of aromatic nitrogens is 6. The van der Waals surface area contributed by atoms with Crippen molar-refractivity contribution in [3.05, 3.63) is 106 Å². The molecule has 0 aliphatic carbocycles. The van der Waals surface area contributed by atoms with E-state index in [0.717, 1.165) is 21.2 Å². The van der Waals surface area contributed by atoms with E-state index in [0.29, 0.717) is 35.9 Å². The maximum Gasteiger partial charge on any atom is 1.00 e. The number of hydrogen-bond donors (Lipinski definition) is 1. The minimum absolute atomic E-state index is 0. The second-order valence-electron chi connectivity index (χ2n) is 9.11. The second-order valence-corrected chi connectivity index (χ2v) is 10.0. The van der Waals surface area contributed by atoms with Crippen LogP contribution in [0.5, 0.6) is 0 Å². The van der Waals surface area contributed by atoms with Crippen LogP contribution in [0, 0.1) is 13.8 Å². The number of ether oxygens (including phenoxy) is 2. The molecule has 0 atom stereocenters. The molecule has 0 spiro atoms. The number of aromatic carboxylic acids is 1. The summed E-state index contributed by atoms with van der Waals surface area (Å²) in [6, 6.07) is 11.2. The average molecular weight is 673 g/mol. The van der Waals surface area contributed by atoms with Crippen LogP contribution in [0.1, 0.15) is 56.4 Å². The molecule has 45 heavy (non-hydrogen) atoms. The van der Waals surface area contributed by atoms with E-state index in [1.165, 1.54) is 18.6 Å². The molecular formula is C30H30BrLiN6O7. The fourth-order valence-electron chi connectivity index (χ4n) is 3.99. The van der Waals surface area contributed by atoms with Gasteiger partial charge in [-0.3, -0.25) is 13.2 Å². The van der Waals surface area contributed by atoms with E-state index in [2.05, 4.69) is 30.9 Å². The predicted octanol–water partition coefficient (Wildman–Crippen LogP) is 2.26. The summed E-state index contributed by atoms with van der Waals surface area (Å²) in [6.07, 6.45) is 9.72. The van der Waals surface area contributed by atoms with Gasteiger partial charge < -0.3 is 20.1 Å². The van der Waals surface area contributed by atoms with Crippen molar-refractivity contribution in [2.45, 2.75) is 27.7 Å². The smallest absolute Gasteiger partial charge is 0.870 e. The standard InChI is InChI=1S/C11H12N2O2.C10H9BrN2O2.C9H8N2O2.Li.H2O/c1-3-15-11(14)9-7-12-10-6-8(2)4-5-13(9)10;1-2-15-10(14)8-6-12-9-5-7(11)3-4-13(8)9;1-6-2-3-11-7(9(12)13)5-10-8(11)4-6;;/h4-7H,3H2,1-2H3;3-6H,2H2,1H3;2-5H,1H3,(H,12,13);;1H2/q;;;+1;/p-1. The van der Waals surface area contributed by atoms with Crippen LogP contribution >= 0.6 is 15.9 Å². The van der Waals surface area contributed by atoms with Crippen molar-refractivity contribution in [2.75, 3.05) is 13.2 Å². The van der Waals surface area contributed by atoms with Crippen molar-refractivity contribution in [1.82, 2.24) is 28.2 Å². The molecule has 6 aromatic rings. The summed E-state index contributed by atoms with van der Waals surface area (Å²) in [6.45, 7) is 8.22. The molecule has 6 aromatic heterocycles. The topological polar surface area (TPSA) is 172 Å². The maximum atomic E-state index is 11.5. The molecule has 0 unspecified atom stereocenters. The zero-order valence-corrected chi connectivity index (χ0v) is 26.9. The minimum atomic E-state index is -0.962. The van der Waals surface area contributed by atoms with Crippen molar-refractivity contribution in [3.63, 3.8) is 0 Å². The van der Waals surface area contributed by atoms with Gasteiger partial charge in [0.15, 0.2) is 17.1 Å². The number of fused-ring (bicyclic) bond motifs is 3. The number of carbonyl (C=O) groups is 3. The summed E-state index contributed by atoms with van der Waals surface area (Å²) in [5.74, 6) is -1.66. The first-order valence-electron chi connectivity index (χ1n) is 13.2. The van der Waals surface area contributed by atoms with Crippen LogP contribution in [0.15, 0.2) is 78.1 Å². The quantitative estimate of drug-likeness (QED) is 0.211. The molecule has 15 heteroatoms. The van der Waals surface area contributed by atoms with E-state index in [9.17, 15) is 14.4 Å². The van der Waals surface area contributed by atoms with Crippen LogP contribution in [-0.2, 0) is 9.47 Å². The molecule has 0 aliphatic rings. The second kappa shape index (κ2) is 16.6. The molecule has 0 fully saturated rings. The monoisotopic (exact) mass is 672 g/mol. The van der Waals surface area contributed by atoms with Gasteiger partial charge >= 0.3 is 36.8 Å². The van der Waals surface area contributed by atoms with Crippen molar-refractivity contribution in [1.29, 1.82) is 0 Å². The zero-order valence-electron chi connectivity index (χ0n) is 25.3. The first kappa shape index (κ1) is 36.7. The van der Waals surface area contributed by atoms with E-state index in [1.54, 1.807) is 39.4 Å². The fraction of sp³-hybridized carbons (Fsp3) is 0.200. The SMILES string of the molecule is CCOC(=O)c1cnc2cc(Br)ccn12.CCOC(=O)c1cnc2cc(C)ccn12.Cc1ccn2c(C(=O)O)cnc2c1.[Li+].[OH-]. The third-order valence-corrected chi connectivity index (χ3v) is 6.49. The van der Waals surface area contributed by atoms with Gasteiger partial charge in [0.2, 0.25) is 0 Å². The Morgan fingerprint density at radius 2 is 1.09 bits per heavy atom. The molecule has 6 rings (SSSR count). The normalized spacial score (nSPS) is 10.1. The Morgan fingerprint density at radius 1 is 0.711 bits per heavy atom. The zero-order chi connectivity index (χ0) is 31.1. The van der Waals surface area contributed by atoms with Crippen molar-refractivity contribution < 1.29 is 53.3 Å². The number of esters is 2. The largest absolute Gasteiger partial charge is 1.00 e. The Labute approximate surface area is 278 Å². The third kappa shape index (κ3) is 8.80. The molecule has 0 bridgehead atoms. The molecule has 0 saturated heterocycles. The summed E-state index contributed by atoms with van der Waals surface area (Å²) >= 11 is 3.34. The Hall–Kier alpha value is -4.48. The molecule has 0 saturated carbocycles. The number of carbonyl (C=O) groups excluding carboxylic acids is 2. The van der Waals surface area contributed by atoms with Crippen LogP contribution in [0.3, 0.4) is 0 Å². The van der Waals surface area contributed by atoms with Gasteiger partial charge in [0.05, 0.1) is 31.8 Å². The van der Waals surface area contributed by atoms with Crippen molar-refractivity contribution in [3.8, 4) is 0 Å². The van der Waals surface area contributed by atoms with Gasteiger partial charge in [0.25, 0.3) is 0 Å². The number of hydrogen-bond acceptors (Lipinski definition) is 9. The van der Waals surface area contributed by atoms with Crippen molar-refractivity contribution >= 4 is 50.8 Å². The van der Waals surface area contributed by atoms with Gasteiger partial charge in [-0.2, -0.15) is 0 Å². The molecule has 6 heterocycles. The number of halogens is 1. The summed E-state index contributed by atoms with van der Waals surface area (Å²) in [7, 11) is 0. The summed E-state index contributed by atoms with van der Waals surface area (Å²) < 4.78 is 15.7. The molecule has 13 nitrogen and oxygen atoms in total. The Morgan fingerprint density at radius 3 is 1.51 bits per heavy atom. The van der Waals surface area contributed by atoms with Crippen LogP contribution in [0.2, 0.25) is 0 Å². The predicted molar refractivity (Wildman–Crippen MR) is 164 cm³/mol. The Kier molecular flexibility index (Phi) is 13.5. The van der Waals surface area contributed by atoms with Crippen LogP contribution in [0.25, 0.3) is 16.9 Å². The van der Waals surface area contributed by atoms with E-state index in [4.69, 9.17) is 14.6 Å². The van der Waals surface area contributed by atoms with Crippen molar-refractivity contribution in [2.24, 2.45) is 0 Å². The Balaban J connectivity index is 0.000000231. The fourth-order valence-corrected chi connectivity index (χ4v) is 4.31. The molecule has 0 amide bonds. The van der Waals surface area contributed by atoms with Gasteiger partial charge in [-0.25, -0.2) is 29.3 Å². The van der Waals surface area contributed by atoms with Gasteiger partial charge in [-0.15, -0.1) is 0 Å². The van der Waals surface area contributed by atoms with E-state index < -0.39 is 5.97 Å². The number of carboxylic acids is 1. The Bertz CT molecular complexity index is 1840. The summed E-state index contributed by atoms with van der Waals surface area (Å²) in [5, 5.41) is 8.78. The number of imidazole rings is 3. The number of carboxylic acid groups (broad SMARTS) is 1. The van der Waals surface area contributed by atoms with E-state index in [1.807, 2.05) is 56.4 Å². The maximum absolute atomic E-state index is 11.5. The molecule has 2 N–H and O–H groups in total. The molecule has 0 aliphatic heterocycles. The van der Waals surface area contributed by atoms with Gasteiger partial charge in [-0.05, 0) is 75.2 Å². The van der Waals surface area contributed by atoms with Crippen LogP contribution in [-0.4, -0.2) is 69.9 Å². The number of pyridine rings is 3. The van der Waals surface area contributed by atoms with E-state index >= 15 is 0 Å². The van der Waals surface area contributed by atoms with Gasteiger partial charge in [0.1, 0.15) is 16.9 Å². The molecule has 230 valence electrons. The molecule has 0 aromatic carbocycles. The van der Waals surface area contributed by atoms with Gasteiger partial charge in [0, 0.05) is 23.1 Å². The van der Waals surface area contributed by atoms with E-state index in [-0.39, 0.29) is 42.0 Å². The molecular weight excluding hydrogens is 643 g/mol. The van der Waals surface area contributed by atoms with Crippen LogP contribution < -0.4 is 18.9 Å². The first-order chi connectivity index (χ1) is 20.6. The average Bonchev–Trinajstić information content (AvgIpc) is 3.70. The van der Waals surface area contributed by atoms with Crippen LogP contribution in [0.4, 0.5) is 0 Å². The molecule has 0 radical (unpaired) electrons. The number of rotatable bonds is 5. The number of aryl methyl sites for hydroxylation is 2.